The Bertz CT molecular complexity index is 1700. The van der Waals surface area contributed by atoms with E-state index >= 15 is 0 Å². The van der Waals surface area contributed by atoms with Gasteiger partial charge < -0.3 is 9.30 Å². The number of aromatic nitrogens is 3. The van der Waals surface area contributed by atoms with Crippen molar-refractivity contribution in [2.24, 2.45) is 0 Å². The van der Waals surface area contributed by atoms with Gasteiger partial charge in [-0.15, -0.1) is 0 Å². The first-order valence-corrected chi connectivity index (χ1v) is 12.7. The molecule has 2 aromatic carbocycles. The highest BCUT2D eigenvalue weighted by Crippen LogP contribution is 2.37. The first kappa shape index (κ1) is 28.6. The van der Waals surface area contributed by atoms with Crippen LogP contribution in [0.25, 0.3) is 11.3 Å². The second-order valence-electron chi connectivity index (χ2n) is 10.2. The Labute approximate surface area is 230 Å². The fourth-order valence-corrected chi connectivity index (χ4v) is 4.54. The molecule has 0 N–H and O–H groups in total. The molecule has 6 nitrogen and oxygen atoms in total. The molecule has 2 aromatic heterocycles. The van der Waals surface area contributed by atoms with Crippen LogP contribution < -0.4 is 10.3 Å². The van der Waals surface area contributed by atoms with E-state index in [0.29, 0.717) is 34.1 Å². The lowest BCUT2D eigenvalue weighted by atomic mass is 9.96. The Morgan fingerprint density at radius 1 is 1.05 bits per heavy atom. The number of nitriles is 1. The standard InChI is InChI=1S/C31H29F3N4O2/c1-17(2)24-12-22(9-10-28(24)40-29-21(6)36-15-20(5)37-29)27-13-26(31(32,33)34)25(14-35)30(39)38(27)16-23-8-7-18(3)11-19(23)4/h7-13,15,17H,16H2,1-6H3. The Morgan fingerprint density at radius 2 is 1.77 bits per heavy atom. The molecule has 0 atom stereocenters. The van der Waals surface area contributed by atoms with Gasteiger partial charge >= 0.3 is 6.18 Å². The van der Waals surface area contributed by atoms with Crippen LogP contribution in [0.5, 0.6) is 11.6 Å². The molecule has 206 valence electrons. The van der Waals surface area contributed by atoms with E-state index in [9.17, 15) is 23.2 Å². The monoisotopic (exact) mass is 546 g/mol. The molecule has 4 rings (SSSR count). The van der Waals surface area contributed by atoms with Gasteiger partial charge in [-0.1, -0.05) is 37.6 Å². The van der Waals surface area contributed by atoms with Crippen molar-refractivity contribution in [2.45, 2.75) is 60.2 Å². The van der Waals surface area contributed by atoms with E-state index in [1.54, 1.807) is 38.2 Å². The summed E-state index contributed by atoms with van der Waals surface area (Å²) in [5.74, 6) is 0.738. The van der Waals surface area contributed by atoms with Crippen LogP contribution in [0, 0.1) is 39.0 Å². The van der Waals surface area contributed by atoms with Gasteiger partial charge in [0.15, 0.2) is 0 Å². The maximum Gasteiger partial charge on any atom is 0.417 e. The van der Waals surface area contributed by atoms with Gasteiger partial charge in [-0.3, -0.25) is 9.78 Å². The smallest absolute Gasteiger partial charge is 0.417 e. The fraction of sp³-hybridized carbons (Fsp3) is 0.290. The zero-order valence-corrected chi connectivity index (χ0v) is 23.1. The lowest BCUT2D eigenvalue weighted by molar-refractivity contribution is -0.137. The van der Waals surface area contributed by atoms with Crippen molar-refractivity contribution < 1.29 is 17.9 Å². The lowest BCUT2D eigenvalue weighted by Gasteiger charge is -2.20. The van der Waals surface area contributed by atoms with Crippen molar-refractivity contribution in [3.8, 4) is 29.0 Å². The lowest BCUT2D eigenvalue weighted by Crippen LogP contribution is -2.29. The highest BCUT2D eigenvalue weighted by molar-refractivity contribution is 5.66. The van der Waals surface area contributed by atoms with Crippen molar-refractivity contribution in [1.82, 2.24) is 14.5 Å². The van der Waals surface area contributed by atoms with E-state index in [1.165, 1.54) is 10.6 Å². The average molecular weight is 547 g/mol. The molecular weight excluding hydrogens is 517 g/mol. The molecule has 0 bridgehead atoms. The summed E-state index contributed by atoms with van der Waals surface area (Å²) >= 11 is 0. The fourth-order valence-electron chi connectivity index (χ4n) is 4.54. The molecule has 0 aliphatic rings. The second-order valence-corrected chi connectivity index (χ2v) is 10.2. The van der Waals surface area contributed by atoms with Crippen molar-refractivity contribution in [3.05, 3.63) is 104 Å². The predicted octanol–water partition coefficient (Wildman–Crippen LogP) is 7.39. The highest BCUT2D eigenvalue weighted by atomic mass is 19.4. The topological polar surface area (TPSA) is 80.8 Å². The van der Waals surface area contributed by atoms with Crippen LogP contribution in [0.1, 0.15) is 64.5 Å². The van der Waals surface area contributed by atoms with Crippen LogP contribution in [0.3, 0.4) is 0 Å². The van der Waals surface area contributed by atoms with Gasteiger partial charge in [0, 0.05) is 6.20 Å². The molecule has 0 aliphatic carbocycles. The van der Waals surface area contributed by atoms with Crippen LogP contribution >= 0.6 is 0 Å². The maximum absolute atomic E-state index is 14.0. The van der Waals surface area contributed by atoms with E-state index in [-0.39, 0.29) is 18.2 Å². The number of halogens is 3. The number of hydrogen-bond donors (Lipinski definition) is 0. The maximum atomic E-state index is 14.0. The molecule has 0 aliphatic heterocycles. The Hall–Kier alpha value is -4.45. The molecule has 40 heavy (non-hydrogen) atoms. The van der Waals surface area contributed by atoms with Crippen molar-refractivity contribution >= 4 is 0 Å². The molecule has 0 fully saturated rings. The quantitative estimate of drug-likeness (QED) is 0.252. The third-order valence-electron chi connectivity index (χ3n) is 6.71. The molecular formula is C31H29F3N4O2. The Morgan fingerprint density at radius 3 is 2.40 bits per heavy atom. The summed E-state index contributed by atoms with van der Waals surface area (Å²) in [5.41, 5.74) is 1.90. The van der Waals surface area contributed by atoms with E-state index in [4.69, 9.17) is 4.74 Å². The molecule has 0 amide bonds. The molecule has 0 saturated carbocycles. The minimum atomic E-state index is -4.89. The van der Waals surface area contributed by atoms with Crippen molar-refractivity contribution in [1.29, 1.82) is 5.26 Å². The van der Waals surface area contributed by atoms with E-state index in [2.05, 4.69) is 9.97 Å². The highest BCUT2D eigenvalue weighted by Gasteiger charge is 2.36. The molecule has 0 saturated heterocycles. The number of aryl methyl sites for hydroxylation is 4. The van der Waals surface area contributed by atoms with Crippen LogP contribution in [0.4, 0.5) is 13.2 Å². The zero-order chi connectivity index (χ0) is 29.4. The van der Waals surface area contributed by atoms with Gasteiger partial charge in [0.25, 0.3) is 5.56 Å². The predicted molar refractivity (Wildman–Crippen MR) is 147 cm³/mol. The van der Waals surface area contributed by atoms with Crippen LogP contribution in [0.2, 0.25) is 0 Å². The minimum Gasteiger partial charge on any atom is -0.437 e. The number of benzene rings is 2. The number of hydrogen-bond acceptors (Lipinski definition) is 5. The number of nitrogens with zero attached hydrogens (tertiary/aromatic N) is 4. The van der Waals surface area contributed by atoms with Crippen molar-refractivity contribution in [3.63, 3.8) is 0 Å². The number of pyridine rings is 1. The number of rotatable bonds is 6. The van der Waals surface area contributed by atoms with Crippen LogP contribution in [-0.4, -0.2) is 14.5 Å². The first-order valence-electron chi connectivity index (χ1n) is 12.7. The number of ether oxygens (including phenoxy) is 1. The molecule has 2 heterocycles. The molecule has 0 spiro atoms. The molecule has 9 heteroatoms. The summed E-state index contributed by atoms with van der Waals surface area (Å²) in [6.07, 6.45) is -3.25. The Kier molecular flexibility index (Phi) is 7.83. The SMILES string of the molecule is Cc1ccc(Cn2c(-c3ccc(Oc4nc(C)cnc4C)c(C(C)C)c3)cc(C(F)(F)F)c(C#N)c2=O)c(C)c1. The Balaban J connectivity index is 1.94. The largest absolute Gasteiger partial charge is 0.437 e. The van der Waals surface area contributed by atoms with Gasteiger partial charge in [0.2, 0.25) is 5.88 Å². The summed E-state index contributed by atoms with van der Waals surface area (Å²) in [4.78, 5) is 22.1. The van der Waals surface area contributed by atoms with Gasteiger partial charge in [-0.25, -0.2) is 4.98 Å². The normalized spacial score (nSPS) is 11.5. The first-order chi connectivity index (χ1) is 18.8. The number of alkyl halides is 3. The summed E-state index contributed by atoms with van der Waals surface area (Å²) in [6, 6.07) is 13.0. The van der Waals surface area contributed by atoms with Gasteiger partial charge in [0.1, 0.15) is 17.4 Å². The van der Waals surface area contributed by atoms with Gasteiger partial charge in [-0.2, -0.15) is 18.4 Å². The van der Waals surface area contributed by atoms with Crippen molar-refractivity contribution in [2.75, 3.05) is 0 Å². The van der Waals surface area contributed by atoms with E-state index in [0.717, 1.165) is 22.8 Å². The minimum absolute atomic E-state index is 0.000433. The summed E-state index contributed by atoms with van der Waals surface area (Å²) in [6.45, 7) is 11.2. The third-order valence-corrected chi connectivity index (χ3v) is 6.71. The summed E-state index contributed by atoms with van der Waals surface area (Å²) in [5, 5.41) is 9.55. The molecule has 4 aromatic rings. The van der Waals surface area contributed by atoms with Gasteiger partial charge in [-0.05, 0) is 80.1 Å². The van der Waals surface area contributed by atoms with E-state index in [1.807, 2.05) is 45.9 Å². The van der Waals surface area contributed by atoms with E-state index < -0.39 is 22.9 Å². The molecule has 0 unspecified atom stereocenters. The zero-order valence-electron chi connectivity index (χ0n) is 23.1. The average Bonchev–Trinajstić information content (AvgIpc) is 2.88. The second kappa shape index (κ2) is 11.0. The van der Waals surface area contributed by atoms with Gasteiger partial charge in [0.05, 0.1) is 29.2 Å². The summed E-state index contributed by atoms with van der Waals surface area (Å²) in [7, 11) is 0. The molecule has 0 radical (unpaired) electrons. The van der Waals surface area contributed by atoms with Crippen LogP contribution in [0.15, 0.2) is 53.5 Å². The van der Waals surface area contributed by atoms with Crippen LogP contribution in [-0.2, 0) is 12.7 Å². The summed E-state index contributed by atoms with van der Waals surface area (Å²) < 4.78 is 49.4. The third kappa shape index (κ3) is 5.76.